The van der Waals surface area contributed by atoms with Crippen molar-refractivity contribution in [2.45, 2.75) is 38.6 Å². The molecular weight excluding hydrogens is 586 g/mol. The van der Waals surface area contributed by atoms with Gasteiger partial charge in [-0.15, -0.1) is 0 Å². The molecule has 0 amide bonds. The lowest BCUT2D eigenvalue weighted by Crippen LogP contribution is -2.35. The number of nitrogens with zero attached hydrogens (tertiary/aromatic N) is 3. The molecule has 234 valence electrons. The van der Waals surface area contributed by atoms with E-state index in [2.05, 4.69) is 16.5 Å². The summed E-state index contributed by atoms with van der Waals surface area (Å²) in [6, 6.07) is 26.2. The molecule has 1 aliphatic heterocycles. The normalized spacial score (nSPS) is 14.6. The summed E-state index contributed by atoms with van der Waals surface area (Å²) in [5, 5.41) is 2.63. The molecule has 0 bridgehead atoms. The van der Waals surface area contributed by atoms with Gasteiger partial charge < -0.3 is 19.9 Å². The molecule has 0 atom stereocenters. The third kappa shape index (κ3) is 7.19. The van der Waals surface area contributed by atoms with Crippen LogP contribution in [0.25, 0.3) is 21.8 Å². The third-order valence-corrected chi connectivity index (χ3v) is 9.83. The summed E-state index contributed by atoms with van der Waals surface area (Å²) < 4.78 is 36.9. The van der Waals surface area contributed by atoms with Crippen molar-refractivity contribution in [2.24, 2.45) is 11.7 Å². The highest BCUT2D eigenvalue weighted by Gasteiger charge is 2.23. The Labute approximate surface area is 264 Å². The lowest BCUT2D eigenvalue weighted by atomic mass is 9.98. The molecule has 9 nitrogen and oxygen atoms in total. The van der Waals surface area contributed by atoms with Crippen molar-refractivity contribution in [3.8, 4) is 0 Å². The van der Waals surface area contributed by atoms with Crippen LogP contribution in [-0.2, 0) is 33.6 Å². The SMILES string of the molecule is CCN1CCC(COC(=O)c2cc3ccc(CN)nc3n2Cc2cc(NS(=O)(=O)Cc3ccccc3)cc3ccccc23)CC1. The van der Waals surface area contributed by atoms with E-state index in [4.69, 9.17) is 15.5 Å². The van der Waals surface area contributed by atoms with Crippen molar-refractivity contribution < 1.29 is 17.9 Å². The Kier molecular flexibility index (Phi) is 9.16. The molecule has 10 heteroatoms. The zero-order valence-electron chi connectivity index (χ0n) is 25.5. The Balaban J connectivity index is 1.33. The lowest BCUT2D eigenvalue weighted by Gasteiger charge is -2.30. The standard InChI is InChI=1S/C35H39N5O4S/c1-2-39-16-14-25(15-17-39)23-44-35(41)33-20-28-12-13-30(21-36)37-34(28)40(33)22-29-19-31(18-27-10-6-7-11-32(27)29)38-45(42,43)24-26-8-4-3-5-9-26/h3-13,18-20,25,38H,2,14-17,21-24,36H2,1H3. The number of pyridine rings is 1. The van der Waals surface area contributed by atoms with Crippen molar-refractivity contribution in [1.29, 1.82) is 0 Å². The molecule has 0 aliphatic carbocycles. The van der Waals surface area contributed by atoms with E-state index in [1.807, 2.05) is 77.4 Å². The number of hydrogen-bond donors (Lipinski definition) is 2. The molecule has 1 aliphatic rings. The van der Waals surface area contributed by atoms with Crippen LogP contribution < -0.4 is 10.5 Å². The maximum atomic E-state index is 13.6. The fraction of sp³-hybridized carbons (Fsp3) is 0.314. The second kappa shape index (κ2) is 13.4. The minimum absolute atomic E-state index is 0.141. The first-order valence-corrected chi connectivity index (χ1v) is 17.1. The highest BCUT2D eigenvalue weighted by Crippen LogP contribution is 2.29. The largest absolute Gasteiger partial charge is 0.461 e. The molecule has 0 unspecified atom stereocenters. The number of nitrogens with two attached hydrogens (primary N) is 1. The number of carbonyl (C=O) groups is 1. The number of sulfonamides is 1. The molecule has 2 aromatic heterocycles. The van der Waals surface area contributed by atoms with E-state index in [1.165, 1.54) is 0 Å². The van der Waals surface area contributed by atoms with Gasteiger partial charge in [0.1, 0.15) is 11.3 Å². The van der Waals surface area contributed by atoms with Gasteiger partial charge in [0.15, 0.2) is 0 Å². The highest BCUT2D eigenvalue weighted by atomic mass is 32.2. The molecule has 5 aromatic rings. The summed E-state index contributed by atoms with van der Waals surface area (Å²) in [5.74, 6) is -0.206. The Morgan fingerprint density at radius 2 is 1.73 bits per heavy atom. The van der Waals surface area contributed by atoms with E-state index in [0.717, 1.165) is 54.2 Å². The number of piperidine rings is 1. The molecule has 6 rings (SSSR count). The van der Waals surface area contributed by atoms with Crippen LogP contribution in [0.2, 0.25) is 0 Å². The summed E-state index contributed by atoms with van der Waals surface area (Å²) in [5.41, 5.74) is 9.66. The van der Waals surface area contributed by atoms with E-state index in [-0.39, 0.29) is 18.8 Å². The van der Waals surface area contributed by atoms with Crippen LogP contribution in [0.3, 0.4) is 0 Å². The van der Waals surface area contributed by atoms with Crippen molar-refractivity contribution in [1.82, 2.24) is 14.5 Å². The number of benzene rings is 3. The number of esters is 1. The number of anilines is 1. The van der Waals surface area contributed by atoms with Crippen LogP contribution in [0, 0.1) is 5.92 Å². The van der Waals surface area contributed by atoms with Gasteiger partial charge >= 0.3 is 5.97 Å². The van der Waals surface area contributed by atoms with E-state index >= 15 is 0 Å². The van der Waals surface area contributed by atoms with Gasteiger partial charge in [0.2, 0.25) is 10.0 Å². The summed E-state index contributed by atoms with van der Waals surface area (Å²) in [6.07, 6.45) is 2.01. The zero-order chi connectivity index (χ0) is 31.4. The predicted molar refractivity (Wildman–Crippen MR) is 178 cm³/mol. The van der Waals surface area contributed by atoms with Crippen LogP contribution in [0.15, 0.2) is 84.9 Å². The van der Waals surface area contributed by atoms with Crippen molar-refractivity contribution in [3.63, 3.8) is 0 Å². The van der Waals surface area contributed by atoms with Gasteiger partial charge in [0.05, 0.1) is 24.6 Å². The quantitative estimate of drug-likeness (QED) is 0.185. The van der Waals surface area contributed by atoms with Crippen molar-refractivity contribution in [2.75, 3.05) is 31.0 Å². The molecule has 3 N–H and O–H groups in total. The fourth-order valence-corrected chi connectivity index (χ4v) is 7.29. The van der Waals surface area contributed by atoms with Gasteiger partial charge in [-0.3, -0.25) is 4.72 Å². The number of fused-ring (bicyclic) bond motifs is 2. The second-order valence-electron chi connectivity index (χ2n) is 11.7. The number of nitrogens with one attached hydrogen (secondary N) is 1. The number of hydrogen-bond acceptors (Lipinski definition) is 7. The van der Waals surface area contributed by atoms with E-state index in [9.17, 15) is 13.2 Å². The van der Waals surface area contributed by atoms with Crippen molar-refractivity contribution in [3.05, 3.63) is 107 Å². The van der Waals surface area contributed by atoms with E-state index in [0.29, 0.717) is 40.8 Å². The summed E-state index contributed by atoms with van der Waals surface area (Å²) in [6.45, 7) is 6.15. The second-order valence-corrected chi connectivity index (χ2v) is 13.4. The van der Waals surface area contributed by atoms with Crippen LogP contribution >= 0.6 is 0 Å². The van der Waals surface area contributed by atoms with Gasteiger partial charge in [-0.2, -0.15) is 0 Å². The van der Waals surface area contributed by atoms with Crippen molar-refractivity contribution >= 4 is 43.5 Å². The summed E-state index contributed by atoms with van der Waals surface area (Å²) in [4.78, 5) is 20.8. The van der Waals surface area contributed by atoms with Gasteiger partial charge in [-0.1, -0.05) is 61.5 Å². The van der Waals surface area contributed by atoms with E-state index in [1.54, 1.807) is 12.1 Å². The average molecular weight is 626 g/mol. The first-order valence-electron chi connectivity index (χ1n) is 15.5. The number of rotatable bonds is 11. The third-order valence-electron chi connectivity index (χ3n) is 8.57. The first-order chi connectivity index (χ1) is 21.8. The van der Waals surface area contributed by atoms with E-state index < -0.39 is 16.0 Å². The van der Waals surface area contributed by atoms with Gasteiger partial charge in [0.25, 0.3) is 0 Å². The summed E-state index contributed by atoms with van der Waals surface area (Å²) >= 11 is 0. The van der Waals surface area contributed by atoms with Crippen LogP contribution in [0.1, 0.15) is 47.1 Å². The minimum Gasteiger partial charge on any atom is -0.461 e. The maximum Gasteiger partial charge on any atom is 0.355 e. The Bertz CT molecular complexity index is 1920. The molecule has 45 heavy (non-hydrogen) atoms. The zero-order valence-corrected chi connectivity index (χ0v) is 26.3. The Morgan fingerprint density at radius 3 is 2.49 bits per heavy atom. The number of carbonyl (C=O) groups excluding carboxylic acids is 1. The van der Waals surface area contributed by atoms with Crippen LogP contribution in [-0.4, -0.2) is 55.1 Å². The van der Waals surface area contributed by atoms with Gasteiger partial charge in [-0.05, 0) is 90.6 Å². The van der Waals surface area contributed by atoms with Crippen LogP contribution in [0.4, 0.5) is 5.69 Å². The smallest absolute Gasteiger partial charge is 0.355 e. The average Bonchev–Trinajstić information content (AvgIpc) is 3.41. The number of aromatic nitrogens is 2. The molecule has 0 saturated carbocycles. The number of ether oxygens (including phenoxy) is 1. The topological polar surface area (TPSA) is 120 Å². The van der Waals surface area contributed by atoms with Gasteiger partial charge in [-0.25, -0.2) is 18.2 Å². The molecule has 1 fully saturated rings. The molecule has 0 spiro atoms. The minimum atomic E-state index is -3.68. The molecule has 0 radical (unpaired) electrons. The number of likely N-dealkylation sites (tertiary alicyclic amines) is 1. The molecular formula is C35H39N5O4S. The maximum absolute atomic E-state index is 13.6. The van der Waals surface area contributed by atoms with Crippen LogP contribution in [0.5, 0.6) is 0 Å². The molecule has 3 aromatic carbocycles. The first kappa shape index (κ1) is 30.8. The monoisotopic (exact) mass is 625 g/mol. The molecule has 3 heterocycles. The Morgan fingerprint density at radius 1 is 0.978 bits per heavy atom. The molecule has 1 saturated heterocycles. The summed E-state index contributed by atoms with van der Waals surface area (Å²) in [7, 11) is -3.68. The fourth-order valence-electron chi connectivity index (χ4n) is 6.11. The lowest BCUT2D eigenvalue weighted by molar-refractivity contribution is 0.0364. The Hall–Kier alpha value is -4.25. The van der Waals surface area contributed by atoms with Gasteiger partial charge in [0, 0.05) is 17.6 Å². The predicted octanol–water partition coefficient (Wildman–Crippen LogP) is 5.53. The highest BCUT2D eigenvalue weighted by molar-refractivity contribution is 7.91.